The van der Waals surface area contributed by atoms with Crippen LogP contribution in [0.4, 0.5) is 4.39 Å². The predicted molar refractivity (Wildman–Crippen MR) is 79.6 cm³/mol. The van der Waals surface area contributed by atoms with Crippen LogP contribution in [0.1, 0.15) is 25.6 Å². The molecule has 0 spiro atoms. The molecule has 6 heteroatoms. The topological polar surface area (TPSA) is 37.8 Å². The normalized spacial score (nSPS) is 11.8. The molecule has 0 aliphatic heterocycles. The Morgan fingerprint density at radius 1 is 1.37 bits per heavy atom. The number of halogens is 2. The Balaban J connectivity index is 2.28. The number of hydrogen-bond acceptors (Lipinski definition) is 4. The molecule has 0 radical (unpaired) electrons. The van der Waals surface area contributed by atoms with E-state index in [9.17, 15) is 4.39 Å². The van der Waals surface area contributed by atoms with Crippen LogP contribution in [0.15, 0.2) is 22.7 Å². The molecule has 0 saturated carbocycles. The van der Waals surface area contributed by atoms with Crippen LogP contribution in [-0.2, 0) is 6.54 Å². The van der Waals surface area contributed by atoms with E-state index in [-0.39, 0.29) is 11.4 Å². The van der Waals surface area contributed by atoms with E-state index in [1.807, 2.05) is 0 Å². The van der Waals surface area contributed by atoms with Gasteiger partial charge >= 0.3 is 0 Å². The second kappa shape index (κ2) is 5.64. The molecular weight excluding hydrogens is 329 g/mol. The van der Waals surface area contributed by atoms with Crippen molar-refractivity contribution in [3.8, 4) is 11.3 Å². The van der Waals surface area contributed by atoms with E-state index in [1.54, 1.807) is 12.1 Å². The number of benzene rings is 1. The monoisotopic (exact) mass is 343 g/mol. The van der Waals surface area contributed by atoms with E-state index in [2.05, 4.69) is 51.6 Å². The summed E-state index contributed by atoms with van der Waals surface area (Å²) in [6.07, 6.45) is 0. The zero-order valence-electron chi connectivity index (χ0n) is 11.0. The Bertz CT molecular complexity index is 578. The van der Waals surface area contributed by atoms with Crippen LogP contribution in [-0.4, -0.2) is 15.1 Å². The van der Waals surface area contributed by atoms with Crippen LogP contribution in [0.2, 0.25) is 0 Å². The highest BCUT2D eigenvalue weighted by atomic mass is 79.9. The molecule has 0 saturated heterocycles. The lowest BCUT2D eigenvalue weighted by Crippen LogP contribution is -2.34. The van der Waals surface area contributed by atoms with Crippen LogP contribution in [0, 0.1) is 5.82 Å². The standard InChI is InChI=1S/C13H15BrFN3S/c1-13(2,3)16-7-11-12(17-18-19-11)9-5-4-8(14)6-10(9)15/h4-6,16H,7H2,1-3H3. The van der Waals surface area contributed by atoms with Gasteiger partial charge in [0.05, 0.1) is 4.88 Å². The molecule has 3 nitrogen and oxygen atoms in total. The maximum atomic E-state index is 14.0. The predicted octanol–water partition coefficient (Wildman–Crippen LogP) is 3.99. The third-order valence-electron chi connectivity index (χ3n) is 2.52. The first kappa shape index (κ1) is 14.6. The van der Waals surface area contributed by atoms with Crippen molar-refractivity contribution in [1.82, 2.24) is 14.9 Å². The number of hydrogen-bond donors (Lipinski definition) is 1. The van der Waals surface area contributed by atoms with Crippen LogP contribution >= 0.6 is 27.5 Å². The van der Waals surface area contributed by atoms with Crippen molar-refractivity contribution in [3.05, 3.63) is 33.4 Å². The molecule has 0 aliphatic carbocycles. The number of nitrogens with zero attached hydrogens (tertiary/aromatic N) is 2. The number of rotatable bonds is 3. The lowest BCUT2D eigenvalue weighted by molar-refractivity contribution is 0.426. The zero-order chi connectivity index (χ0) is 14.0. The minimum Gasteiger partial charge on any atom is -0.307 e. The molecule has 1 N–H and O–H groups in total. The number of nitrogens with one attached hydrogen (secondary N) is 1. The highest BCUT2D eigenvalue weighted by Gasteiger charge is 2.16. The van der Waals surface area contributed by atoms with Gasteiger partial charge in [-0.3, -0.25) is 0 Å². The fraction of sp³-hybridized carbons (Fsp3) is 0.385. The fourth-order valence-corrected chi connectivity index (χ4v) is 2.48. The molecule has 2 aromatic rings. The molecule has 1 aromatic carbocycles. The molecule has 19 heavy (non-hydrogen) atoms. The van der Waals surface area contributed by atoms with Gasteiger partial charge in [0.2, 0.25) is 0 Å². The Labute approximate surface area is 124 Å². The van der Waals surface area contributed by atoms with E-state index >= 15 is 0 Å². The van der Waals surface area contributed by atoms with Crippen LogP contribution in [0.3, 0.4) is 0 Å². The summed E-state index contributed by atoms with van der Waals surface area (Å²) in [5.41, 5.74) is 1.11. The molecular formula is C13H15BrFN3S. The Kier molecular flexibility index (Phi) is 4.32. The maximum absolute atomic E-state index is 14.0. The summed E-state index contributed by atoms with van der Waals surface area (Å²) in [6, 6.07) is 4.96. The molecule has 1 aromatic heterocycles. The zero-order valence-corrected chi connectivity index (χ0v) is 13.4. The van der Waals surface area contributed by atoms with Crippen LogP contribution < -0.4 is 5.32 Å². The first-order valence-electron chi connectivity index (χ1n) is 5.88. The van der Waals surface area contributed by atoms with Crippen LogP contribution in [0.25, 0.3) is 11.3 Å². The SMILES string of the molecule is CC(C)(C)NCc1snnc1-c1ccc(Br)cc1F. The summed E-state index contributed by atoms with van der Waals surface area (Å²) in [6.45, 7) is 6.88. The molecule has 0 unspecified atom stereocenters. The first-order chi connectivity index (χ1) is 8.87. The van der Waals surface area contributed by atoms with Gasteiger partial charge in [-0.15, -0.1) is 5.10 Å². The van der Waals surface area contributed by atoms with Gasteiger partial charge in [0.1, 0.15) is 11.5 Å². The second-order valence-corrected chi connectivity index (χ2v) is 7.03. The first-order valence-corrected chi connectivity index (χ1v) is 7.45. The molecule has 0 atom stereocenters. The summed E-state index contributed by atoms with van der Waals surface area (Å²) in [5, 5.41) is 7.41. The highest BCUT2D eigenvalue weighted by Crippen LogP contribution is 2.28. The van der Waals surface area contributed by atoms with Crippen molar-refractivity contribution in [3.63, 3.8) is 0 Å². The second-order valence-electron chi connectivity index (χ2n) is 5.27. The molecule has 0 fully saturated rings. The summed E-state index contributed by atoms with van der Waals surface area (Å²) in [4.78, 5) is 0.941. The lowest BCUT2D eigenvalue weighted by atomic mass is 10.1. The van der Waals surface area contributed by atoms with Crippen LogP contribution in [0.5, 0.6) is 0 Å². The summed E-state index contributed by atoms with van der Waals surface area (Å²) < 4.78 is 18.6. The molecule has 102 valence electrons. The summed E-state index contributed by atoms with van der Waals surface area (Å²) >= 11 is 4.55. The van der Waals surface area contributed by atoms with Gasteiger partial charge in [0, 0.05) is 22.1 Å². The van der Waals surface area contributed by atoms with E-state index in [4.69, 9.17) is 0 Å². The van der Waals surface area contributed by atoms with Gasteiger partial charge < -0.3 is 5.32 Å². The highest BCUT2D eigenvalue weighted by molar-refractivity contribution is 9.10. The van der Waals surface area contributed by atoms with Gasteiger partial charge in [-0.2, -0.15) is 0 Å². The molecule has 0 amide bonds. The lowest BCUT2D eigenvalue weighted by Gasteiger charge is -2.20. The third kappa shape index (κ3) is 3.81. The maximum Gasteiger partial charge on any atom is 0.133 e. The van der Waals surface area contributed by atoms with Crippen molar-refractivity contribution in [2.45, 2.75) is 32.9 Å². The van der Waals surface area contributed by atoms with Crippen molar-refractivity contribution >= 4 is 27.5 Å². The van der Waals surface area contributed by atoms with Gasteiger partial charge in [0.15, 0.2) is 0 Å². The van der Waals surface area contributed by atoms with Gasteiger partial charge in [-0.25, -0.2) is 4.39 Å². The quantitative estimate of drug-likeness (QED) is 0.915. The van der Waals surface area contributed by atoms with Gasteiger partial charge in [-0.05, 0) is 50.5 Å². The van der Waals surface area contributed by atoms with E-state index < -0.39 is 0 Å². The van der Waals surface area contributed by atoms with Crippen molar-refractivity contribution in [1.29, 1.82) is 0 Å². The van der Waals surface area contributed by atoms with Crippen molar-refractivity contribution < 1.29 is 4.39 Å². The Morgan fingerprint density at radius 2 is 2.11 bits per heavy atom. The molecule has 0 aliphatic rings. The Hall–Kier alpha value is -0.850. The van der Waals surface area contributed by atoms with E-state index in [0.717, 1.165) is 4.88 Å². The summed E-state index contributed by atoms with van der Waals surface area (Å²) in [5.74, 6) is -0.293. The average molecular weight is 344 g/mol. The molecule has 0 bridgehead atoms. The molecule has 2 rings (SSSR count). The molecule has 1 heterocycles. The minimum absolute atomic E-state index is 0.000476. The minimum atomic E-state index is -0.293. The van der Waals surface area contributed by atoms with E-state index in [0.29, 0.717) is 22.3 Å². The third-order valence-corrected chi connectivity index (χ3v) is 3.74. The number of aromatic nitrogens is 2. The van der Waals surface area contributed by atoms with Gasteiger partial charge in [-0.1, -0.05) is 20.4 Å². The van der Waals surface area contributed by atoms with E-state index in [1.165, 1.54) is 17.6 Å². The largest absolute Gasteiger partial charge is 0.307 e. The summed E-state index contributed by atoms with van der Waals surface area (Å²) in [7, 11) is 0. The van der Waals surface area contributed by atoms with Gasteiger partial charge in [0.25, 0.3) is 0 Å². The fourth-order valence-electron chi connectivity index (χ4n) is 1.56. The smallest absolute Gasteiger partial charge is 0.133 e. The van der Waals surface area contributed by atoms with Crippen molar-refractivity contribution in [2.75, 3.05) is 0 Å². The average Bonchev–Trinajstić information content (AvgIpc) is 2.73. The Morgan fingerprint density at radius 3 is 2.74 bits per heavy atom. The van der Waals surface area contributed by atoms with Crippen molar-refractivity contribution in [2.24, 2.45) is 0 Å².